The molecule has 6 heteroatoms. The fraction of sp³-hybridized carbons (Fsp3) is 0.0179. The molecule has 62 heavy (non-hydrogen) atoms. The van der Waals surface area contributed by atoms with E-state index in [0.717, 1.165) is 121 Å². The number of fused-ring (bicyclic) bond motifs is 17. The van der Waals surface area contributed by atoms with Gasteiger partial charge in [-0.15, -0.1) is 0 Å². The van der Waals surface area contributed by atoms with Gasteiger partial charge in [0.2, 0.25) is 0 Å². The first kappa shape index (κ1) is 33.5. The van der Waals surface area contributed by atoms with Gasteiger partial charge in [0.25, 0.3) is 0 Å². The third kappa shape index (κ3) is 4.77. The van der Waals surface area contributed by atoms with Crippen molar-refractivity contribution >= 4 is 87.0 Å². The largest absolute Gasteiger partial charge is 0.488 e. The van der Waals surface area contributed by atoms with Gasteiger partial charge in [-0.1, -0.05) is 140 Å². The van der Waals surface area contributed by atoms with Gasteiger partial charge in [-0.25, -0.2) is 15.0 Å². The number of furan rings is 2. The molecule has 1 aliphatic heterocycles. The maximum absolute atomic E-state index is 6.92. The van der Waals surface area contributed by atoms with Crippen molar-refractivity contribution in [3.8, 4) is 51.0 Å². The van der Waals surface area contributed by atoms with Crippen LogP contribution in [0.25, 0.3) is 132 Å². The van der Waals surface area contributed by atoms with Crippen molar-refractivity contribution in [2.24, 2.45) is 0 Å². The molecule has 0 aliphatic carbocycles. The molecule has 3 aromatic heterocycles. The standard InChI is InChI=1S/C56H31N3O3/c1-7-17-38-31(11-1)22-25-45-48(38)50-40-19-9-3-13-33(40)27-43(52(50)61-45)55-57-54(35-21-24-42-37-16-6-5-15-36(37)30-60-47(42)29-35)58-56(59-55)44-28-34-14-4-10-20-41(34)51-49-39-18-8-2-12-32(39)23-26-46(49)62-53(44)51/h1-29H,30H2. The summed E-state index contributed by atoms with van der Waals surface area (Å²) in [5.74, 6) is 2.30. The number of aromatic nitrogens is 3. The summed E-state index contributed by atoms with van der Waals surface area (Å²) < 4.78 is 20.2. The van der Waals surface area contributed by atoms with Gasteiger partial charge < -0.3 is 13.6 Å². The molecule has 0 atom stereocenters. The Morgan fingerprint density at radius 1 is 0.355 bits per heavy atom. The van der Waals surface area contributed by atoms with E-state index in [-0.39, 0.29) is 0 Å². The lowest BCUT2D eigenvalue weighted by atomic mass is 9.95. The van der Waals surface area contributed by atoms with Crippen LogP contribution < -0.4 is 4.74 Å². The van der Waals surface area contributed by atoms with E-state index in [1.165, 1.54) is 5.56 Å². The van der Waals surface area contributed by atoms with Gasteiger partial charge in [0.05, 0.1) is 11.1 Å². The Morgan fingerprint density at radius 2 is 0.839 bits per heavy atom. The summed E-state index contributed by atoms with van der Waals surface area (Å²) in [7, 11) is 0. The summed E-state index contributed by atoms with van der Waals surface area (Å²) >= 11 is 0. The first-order valence-electron chi connectivity index (χ1n) is 20.9. The average Bonchev–Trinajstić information content (AvgIpc) is 3.94. The lowest BCUT2D eigenvalue weighted by molar-refractivity contribution is 0.302. The molecule has 14 rings (SSSR count). The third-order valence-corrected chi connectivity index (χ3v) is 12.8. The second-order valence-electron chi connectivity index (χ2n) is 16.2. The van der Waals surface area contributed by atoms with Gasteiger partial charge in [0.15, 0.2) is 17.5 Å². The van der Waals surface area contributed by atoms with Crippen molar-refractivity contribution < 1.29 is 13.6 Å². The molecule has 4 heterocycles. The lowest BCUT2D eigenvalue weighted by Crippen LogP contribution is -2.06. The molecule has 0 N–H and O–H groups in total. The molecule has 10 aromatic carbocycles. The smallest absolute Gasteiger partial charge is 0.167 e. The van der Waals surface area contributed by atoms with Gasteiger partial charge in [0, 0.05) is 32.7 Å². The molecule has 0 saturated heterocycles. The maximum Gasteiger partial charge on any atom is 0.167 e. The molecule has 1 aliphatic rings. The molecule has 13 aromatic rings. The van der Waals surface area contributed by atoms with Crippen molar-refractivity contribution in [2.45, 2.75) is 6.61 Å². The minimum Gasteiger partial charge on any atom is -0.488 e. The van der Waals surface area contributed by atoms with Crippen LogP contribution in [0, 0.1) is 0 Å². The molecule has 288 valence electrons. The van der Waals surface area contributed by atoms with E-state index < -0.39 is 0 Å². The van der Waals surface area contributed by atoms with Crippen LogP contribution in [0.4, 0.5) is 0 Å². The number of rotatable bonds is 3. The zero-order valence-electron chi connectivity index (χ0n) is 33.0. The zero-order chi connectivity index (χ0) is 40.5. The van der Waals surface area contributed by atoms with E-state index >= 15 is 0 Å². The molecular weight excluding hydrogens is 763 g/mol. The minimum atomic E-state index is 0.492. The molecular formula is C56H31N3O3. The van der Waals surface area contributed by atoms with Gasteiger partial charge in [-0.2, -0.15) is 0 Å². The highest BCUT2D eigenvalue weighted by Gasteiger charge is 2.25. The summed E-state index contributed by atoms with van der Waals surface area (Å²) in [6.45, 7) is 0.492. The SMILES string of the molecule is c1ccc2c(c1)COc1cc(-c3nc(-c4cc5ccccc5c5c4oc4ccc6ccccc6c45)nc(-c4cc5ccccc5c5c4oc4ccc6ccccc6c45)n3)ccc1-2. The van der Waals surface area contributed by atoms with E-state index in [9.17, 15) is 0 Å². The topological polar surface area (TPSA) is 74.2 Å². The Balaban J connectivity index is 1.09. The fourth-order valence-corrected chi connectivity index (χ4v) is 9.92. The summed E-state index contributed by atoms with van der Waals surface area (Å²) in [5.41, 5.74) is 8.81. The van der Waals surface area contributed by atoms with E-state index in [1.807, 2.05) is 0 Å². The molecule has 6 nitrogen and oxygen atoms in total. The molecule has 0 bridgehead atoms. The van der Waals surface area contributed by atoms with Crippen LogP contribution in [0.2, 0.25) is 0 Å². The van der Waals surface area contributed by atoms with Crippen LogP contribution in [0.15, 0.2) is 185 Å². The van der Waals surface area contributed by atoms with Crippen molar-refractivity contribution in [1.29, 1.82) is 0 Å². The van der Waals surface area contributed by atoms with Crippen LogP contribution >= 0.6 is 0 Å². The molecule has 0 unspecified atom stereocenters. The number of hydrogen-bond donors (Lipinski definition) is 0. The zero-order valence-corrected chi connectivity index (χ0v) is 33.0. The minimum absolute atomic E-state index is 0.492. The Morgan fingerprint density at radius 3 is 1.42 bits per heavy atom. The fourth-order valence-electron chi connectivity index (χ4n) is 9.92. The average molecular weight is 794 g/mol. The summed E-state index contributed by atoms with van der Waals surface area (Å²) in [6, 6.07) is 61.3. The van der Waals surface area contributed by atoms with Gasteiger partial charge in [0.1, 0.15) is 34.7 Å². The van der Waals surface area contributed by atoms with Crippen LogP contribution in [0.5, 0.6) is 5.75 Å². The first-order valence-corrected chi connectivity index (χ1v) is 20.9. The monoisotopic (exact) mass is 793 g/mol. The predicted molar refractivity (Wildman–Crippen MR) is 250 cm³/mol. The van der Waals surface area contributed by atoms with Crippen molar-refractivity contribution in [2.75, 3.05) is 0 Å². The van der Waals surface area contributed by atoms with Gasteiger partial charge in [-0.05, 0) is 90.6 Å². The van der Waals surface area contributed by atoms with E-state index in [1.54, 1.807) is 0 Å². The van der Waals surface area contributed by atoms with Crippen LogP contribution in [0.3, 0.4) is 0 Å². The maximum atomic E-state index is 6.92. The quantitative estimate of drug-likeness (QED) is 0.177. The van der Waals surface area contributed by atoms with E-state index in [0.29, 0.717) is 24.1 Å². The Bertz CT molecular complexity index is 3860. The Labute approximate surface area is 353 Å². The normalized spacial score (nSPS) is 12.6. The van der Waals surface area contributed by atoms with Crippen LogP contribution in [-0.2, 0) is 6.61 Å². The van der Waals surface area contributed by atoms with E-state index in [4.69, 9.17) is 28.5 Å². The number of benzene rings is 10. The summed E-state index contributed by atoms with van der Waals surface area (Å²) in [6.07, 6.45) is 0. The van der Waals surface area contributed by atoms with Gasteiger partial charge in [-0.3, -0.25) is 0 Å². The number of nitrogens with zero attached hydrogens (tertiary/aromatic N) is 3. The predicted octanol–water partition coefficient (Wildman–Crippen LogP) is 14.8. The third-order valence-electron chi connectivity index (χ3n) is 12.8. The summed E-state index contributed by atoms with van der Waals surface area (Å²) in [4.78, 5) is 16.1. The van der Waals surface area contributed by atoms with Crippen LogP contribution in [-0.4, -0.2) is 15.0 Å². The van der Waals surface area contributed by atoms with Crippen molar-refractivity contribution in [3.05, 3.63) is 181 Å². The van der Waals surface area contributed by atoms with E-state index in [2.05, 4.69) is 176 Å². The Kier molecular flexibility index (Phi) is 6.79. The first-order chi connectivity index (χ1) is 30.7. The molecule has 0 spiro atoms. The lowest BCUT2D eigenvalue weighted by Gasteiger charge is -2.21. The molecule has 0 amide bonds. The summed E-state index contributed by atoms with van der Waals surface area (Å²) in [5, 5.41) is 13.1. The molecule has 0 saturated carbocycles. The van der Waals surface area contributed by atoms with Crippen molar-refractivity contribution in [3.63, 3.8) is 0 Å². The van der Waals surface area contributed by atoms with Crippen molar-refractivity contribution in [1.82, 2.24) is 15.0 Å². The highest BCUT2D eigenvalue weighted by molar-refractivity contribution is 6.30. The molecule has 0 fully saturated rings. The number of ether oxygens (including phenoxy) is 1. The highest BCUT2D eigenvalue weighted by atomic mass is 16.5. The Hall–Kier alpha value is -8.35. The highest BCUT2D eigenvalue weighted by Crippen LogP contribution is 2.46. The second-order valence-corrected chi connectivity index (χ2v) is 16.2. The second kappa shape index (κ2) is 12.6. The van der Waals surface area contributed by atoms with Gasteiger partial charge >= 0.3 is 0 Å². The number of hydrogen-bond acceptors (Lipinski definition) is 6. The van der Waals surface area contributed by atoms with Crippen LogP contribution in [0.1, 0.15) is 5.56 Å². The molecule has 0 radical (unpaired) electrons.